The fourth-order valence-corrected chi connectivity index (χ4v) is 3.66. The number of hydrogen-bond donors (Lipinski definition) is 1. The molecule has 3 rings (SSSR count). The summed E-state index contributed by atoms with van der Waals surface area (Å²) < 4.78 is 0. The third kappa shape index (κ3) is 3.27. The number of rotatable bonds is 3. The van der Waals surface area contributed by atoms with E-state index in [4.69, 9.17) is 4.98 Å². The first kappa shape index (κ1) is 14.9. The molecular weight excluding hydrogens is 260 g/mol. The quantitative estimate of drug-likeness (QED) is 0.928. The Morgan fingerprint density at radius 3 is 2.57 bits per heavy atom. The Morgan fingerprint density at radius 2 is 1.86 bits per heavy atom. The molecule has 0 amide bonds. The van der Waals surface area contributed by atoms with Gasteiger partial charge in [0, 0.05) is 44.0 Å². The largest absolute Gasteiger partial charge is 0.314 e. The Bertz CT molecular complexity index is 460. The van der Waals surface area contributed by atoms with Crippen LogP contribution in [0.4, 0.5) is 0 Å². The third-order valence-electron chi connectivity index (χ3n) is 5.16. The second-order valence-corrected chi connectivity index (χ2v) is 6.94. The van der Waals surface area contributed by atoms with Crippen molar-refractivity contribution in [2.24, 2.45) is 0 Å². The van der Waals surface area contributed by atoms with E-state index in [0.29, 0.717) is 5.92 Å². The highest BCUT2D eigenvalue weighted by Gasteiger charge is 2.32. The molecule has 0 aromatic carbocycles. The average molecular weight is 288 g/mol. The summed E-state index contributed by atoms with van der Waals surface area (Å²) in [5.74, 6) is 1.65. The van der Waals surface area contributed by atoms with Gasteiger partial charge in [0.25, 0.3) is 0 Å². The van der Waals surface area contributed by atoms with Crippen LogP contribution in [0.25, 0.3) is 0 Å². The van der Waals surface area contributed by atoms with E-state index in [0.717, 1.165) is 32.0 Å². The summed E-state index contributed by atoms with van der Waals surface area (Å²) in [5.41, 5.74) is 1.19. The molecule has 1 saturated carbocycles. The van der Waals surface area contributed by atoms with E-state index < -0.39 is 0 Å². The van der Waals surface area contributed by atoms with Gasteiger partial charge in [-0.1, -0.05) is 19.3 Å². The van der Waals surface area contributed by atoms with Gasteiger partial charge in [-0.25, -0.2) is 9.97 Å². The van der Waals surface area contributed by atoms with E-state index in [1.165, 1.54) is 37.8 Å². The zero-order valence-electron chi connectivity index (χ0n) is 13.4. The van der Waals surface area contributed by atoms with Crippen LogP contribution in [0, 0.1) is 0 Å². The lowest BCUT2D eigenvalue weighted by molar-refractivity contribution is 0.0944. The number of aromatic nitrogens is 2. The summed E-state index contributed by atoms with van der Waals surface area (Å²) in [6.45, 7) is 8.79. The van der Waals surface area contributed by atoms with Gasteiger partial charge in [0.05, 0.1) is 5.54 Å². The van der Waals surface area contributed by atoms with Crippen LogP contribution in [0.2, 0.25) is 0 Å². The Labute approximate surface area is 128 Å². The lowest BCUT2D eigenvalue weighted by Gasteiger charge is -2.40. The summed E-state index contributed by atoms with van der Waals surface area (Å²) in [5, 5.41) is 3.42. The monoisotopic (exact) mass is 288 g/mol. The van der Waals surface area contributed by atoms with Gasteiger partial charge < -0.3 is 5.32 Å². The fraction of sp³-hybridized carbons (Fsp3) is 0.765. The van der Waals surface area contributed by atoms with Crippen molar-refractivity contribution >= 4 is 0 Å². The van der Waals surface area contributed by atoms with Crippen LogP contribution in [0.5, 0.6) is 0 Å². The highest BCUT2D eigenvalue weighted by molar-refractivity contribution is 5.13. The molecule has 0 bridgehead atoms. The summed E-state index contributed by atoms with van der Waals surface area (Å²) in [6, 6.07) is 2.13. The van der Waals surface area contributed by atoms with E-state index >= 15 is 0 Å². The van der Waals surface area contributed by atoms with Crippen LogP contribution in [0.1, 0.15) is 63.4 Å². The maximum Gasteiger partial charge on any atom is 0.148 e. The van der Waals surface area contributed by atoms with Crippen molar-refractivity contribution in [3.05, 3.63) is 23.8 Å². The smallest absolute Gasteiger partial charge is 0.148 e. The fourth-order valence-electron chi connectivity index (χ4n) is 3.66. The van der Waals surface area contributed by atoms with Crippen molar-refractivity contribution in [2.45, 2.75) is 57.4 Å². The topological polar surface area (TPSA) is 41.1 Å². The third-order valence-corrected chi connectivity index (χ3v) is 5.16. The van der Waals surface area contributed by atoms with Gasteiger partial charge in [-0.05, 0) is 32.8 Å². The normalized spacial score (nSPS) is 22.4. The van der Waals surface area contributed by atoms with E-state index in [2.05, 4.69) is 35.1 Å². The van der Waals surface area contributed by atoms with E-state index in [-0.39, 0.29) is 5.54 Å². The minimum absolute atomic E-state index is 0.0766. The molecule has 0 radical (unpaired) electrons. The van der Waals surface area contributed by atoms with Gasteiger partial charge in [-0.2, -0.15) is 0 Å². The predicted molar refractivity (Wildman–Crippen MR) is 85.3 cm³/mol. The average Bonchev–Trinajstić information content (AvgIpc) is 2.57. The molecule has 1 aromatic heterocycles. The Kier molecular flexibility index (Phi) is 4.55. The molecule has 0 spiro atoms. The zero-order valence-corrected chi connectivity index (χ0v) is 13.4. The lowest BCUT2D eigenvalue weighted by Crippen LogP contribution is -2.52. The van der Waals surface area contributed by atoms with Crippen molar-refractivity contribution in [2.75, 3.05) is 26.2 Å². The van der Waals surface area contributed by atoms with E-state index in [1.807, 2.05) is 6.20 Å². The molecule has 0 atom stereocenters. The van der Waals surface area contributed by atoms with Crippen LogP contribution in [0.3, 0.4) is 0 Å². The molecule has 21 heavy (non-hydrogen) atoms. The number of hydrogen-bond acceptors (Lipinski definition) is 4. The molecule has 116 valence electrons. The van der Waals surface area contributed by atoms with Gasteiger partial charge in [0.2, 0.25) is 0 Å². The molecule has 1 N–H and O–H groups in total. The Morgan fingerprint density at radius 1 is 1.14 bits per heavy atom. The predicted octanol–water partition coefficient (Wildman–Crippen LogP) is 2.66. The first-order valence-corrected chi connectivity index (χ1v) is 8.47. The van der Waals surface area contributed by atoms with Crippen LogP contribution in [0.15, 0.2) is 12.3 Å². The van der Waals surface area contributed by atoms with Crippen molar-refractivity contribution in [1.29, 1.82) is 0 Å². The van der Waals surface area contributed by atoms with E-state index in [9.17, 15) is 0 Å². The summed E-state index contributed by atoms with van der Waals surface area (Å²) >= 11 is 0. The maximum atomic E-state index is 4.97. The Balaban J connectivity index is 1.80. The number of piperazine rings is 1. The second-order valence-electron chi connectivity index (χ2n) is 6.94. The van der Waals surface area contributed by atoms with Crippen molar-refractivity contribution in [3.63, 3.8) is 0 Å². The summed E-state index contributed by atoms with van der Waals surface area (Å²) in [6.07, 6.45) is 8.66. The van der Waals surface area contributed by atoms with Gasteiger partial charge in [-0.15, -0.1) is 0 Å². The van der Waals surface area contributed by atoms with Crippen LogP contribution >= 0.6 is 0 Å². The maximum absolute atomic E-state index is 4.97. The molecule has 1 saturated heterocycles. The first-order chi connectivity index (χ1) is 10.2. The van der Waals surface area contributed by atoms with Gasteiger partial charge in [0.15, 0.2) is 0 Å². The van der Waals surface area contributed by atoms with Crippen molar-refractivity contribution in [1.82, 2.24) is 20.2 Å². The molecule has 4 nitrogen and oxygen atoms in total. The molecule has 1 aromatic rings. The van der Waals surface area contributed by atoms with Crippen LogP contribution in [-0.2, 0) is 5.54 Å². The van der Waals surface area contributed by atoms with Crippen molar-refractivity contribution < 1.29 is 0 Å². The SMILES string of the molecule is CC(C)(c1nccc(C2CCCCC2)n1)N1CCNCC1. The van der Waals surface area contributed by atoms with Crippen molar-refractivity contribution in [3.8, 4) is 0 Å². The molecule has 2 heterocycles. The molecule has 1 aliphatic carbocycles. The molecule has 1 aliphatic heterocycles. The molecule has 0 unspecified atom stereocenters. The second kappa shape index (κ2) is 6.41. The van der Waals surface area contributed by atoms with Gasteiger partial charge in [0.1, 0.15) is 5.82 Å². The minimum Gasteiger partial charge on any atom is -0.314 e. The van der Waals surface area contributed by atoms with Gasteiger partial charge in [-0.3, -0.25) is 4.90 Å². The Hall–Kier alpha value is -1.00. The highest BCUT2D eigenvalue weighted by atomic mass is 15.3. The molecular formula is C17H28N4. The van der Waals surface area contributed by atoms with E-state index in [1.54, 1.807) is 0 Å². The van der Waals surface area contributed by atoms with Crippen LogP contribution in [-0.4, -0.2) is 41.0 Å². The first-order valence-electron chi connectivity index (χ1n) is 8.47. The van der Waals surface area contributed by atoms with Crippen LogP contribution < -0.4 is 5.32 Å². The summed E-state index contributed by atoms with van der Waals surface area (Å²) in [4.78, 5) is 12.1. The number of nitrogens with zero attached hydrogens (tertiary/aromatic N) is 3. The zero-order chi connectivity index (χ0) is 14.7. The summed E-state index contributed by atoms with van der Waals surface area (Å²) in [7, 11) is 0. The lowest BCUT2D eigenvalue weighted by atomic mass is 9.86. The molecule has 2 fully saturated rings. The standard InChI is InChI=1S/C17H28N4/c1-17(2,21-12-10-18-11-13-21)16-19-9-8-15(20-16)14-6-4-3-5-7-14/h8-9,14,18H,3-7,10-13H2,1-2H3. The minimum atomic E-state index is -0.0766. The highest BCUT2D eigenvalue weighted by Crippen LogP contribution is 2.33. The molecule has 2 aliphatic rings. The molecule has 4 heteroatoms. The van der Waals surface area contributed by atoms with Gasteiger partial charge >= 0.3 is 0 Å². The number of nitrogens with one attached hydrogen (secondary N) is 1.